The lowest BCUT2D eigenvalue weighted by molar-refractivity contribution is 0.212. The van der Waals surface area contributed by atoms with Gasteiger partial charge in [0.1, 0.15) is 12.4 Å². The summed E-state index contributed by atoms with van der Waals surface area (Å²) in [4.78, 5) is 4.86. The maximum absolute atomic E-state index is 5.84. The van der Waals surface area contributed by atoms with Gasteiger partial charge in [-0.3, -0.25) is 4.90 Å². The zero-order valence-corrected chi connectivity index (χ0v) is 12.8. The lowest BCUT2D eigenvalue weighted by atomic mass is 10.2. The molecule has 1 aliphatic rings. The molecule has 1 aromatic rings. The van der Waals surface area contributed by atoms with Crippen LogP contribution >= 0.6 is 0 Å². The Morgan fingerprint density at radius 1 is 1.24 bits per heavy atom. The van der Waals surface area contributed by atoms with E-state index < -0.39 is 0 Å². The van der Waals surface area contributed by atoms with Gasteiger partial charge in [0.2, 0.25) is 0 Å². The summed E-state index contributed by atoms with van der Waals surface area (Å²) >= 11 is 0. The van der Waals surface area contributed by atoms with Crippen molar-refractivity contribution in [3.63, 3.8) is 0 Å². The minimum Gasteiger partial charge on any atom is -0.492 e. The van der Waals surface area contributed by atoms with Gasteiger partial charge in [-0.25, -0.2) is 0 Å². The molecule has 0 aliphatic carbocycles. The van der Waals surface area contributed by atoms with E-state index in [1.807, 2.05) is 24.3 Å². The van der Waals surface area contributed by atoms with Gasteiger partial charge in [0.25, 0.3) is 0 Å². The molecular weight excluding hydrogens is 262 g/mol. The van der Waals surface area contributed by atoms with Gasteiger partial charge in [0.05, 0.1) is 6.54 Å². The van der Waals surface area contributed by atoms with Crippen LogP contribution in [0.5, 0.6) is 5.75 Å². The molecule has 21 heavy (non-hydrogen) atoms. The second-order valence-electron chi connectivity index (χ2n) is 5.38. The summed E-state index contributed by atoms with van der Waals surface area (Å²) in [6.45, 7) is 6.71. The van der Waals surface area contributed by atoms with Crippen molar-refractivity contribution in [3.05, 3.63) is 29.8 Å². The minimum absolute atomic E-state index is 0.383. The molecule has 1 fully saturated rings. The molecule has 4 heteroatoms. The first-order valence-electron chi connectivity index (χ1n) is 7.60. The van der Waals surface area contributed by atoms with E-state index in [4.69, 9.17) is 10.5 Å². The molecule has 0 radical (unpaired) electrons. The summed E-state index contributed by atoms with van der Waals surface area (Å²) in [7, 11) is 2.19. The van der Waals surface area contributed by atoms with Crippen molar-refractivity contribution in [2.24, 2.45) is 5.73 Å². The van der Waals surface area contributed by atoms with Crippen LogP contribution in [0.4, 0.5) is 0 Å². The number of hydrogen-bond acceptors (Lipinski definition) is 4. The highest BCUT2D eigenvalue weighted by Crippen LogP contribution is 2.12. The monoisotopic (exact) mass is 287 g/mol. The smallest absolute Gasteiger partial charge is 0.120 e. The van der Waals surface area contributed by atoms with Crippen LogP contribution in [0.1, 0.15) is 12.0 Å². The molecule has 1 heterocycles. The fourth-order valence-electron chi connectivity index (χ4n) is 2.43. The largest absolute Gasteiger partial charge is 0.492 e. The van der Waals surface area contributed by atoms with Gasteiger partial charge in [-0.2, -0.15) is 0 Å². The fraction of sp³-hybridized carbons (Fsp3) is 0.529. The second-order valence-corrected chi connectivity index (χ2v) is 5.38. The molecule has 1 aliphatic heterocycles. The summed E-state index contributed by atoms with van der Waals surface area (Å²) in [5.74, 6) is 6.77. The van der Waals surface area contributed by atoms with Crippen molar-refractivity contribution in [1.29, 1.82) is 0 Å². The maximum atomic E-state index is 5.84. The molecule has 2 N–H and O–H groups in total. The van der Waals surface area contributed by atoms with Gasteiger partial charge in [0.15, 0.2) is 0 Å². The number of rotatable bonds is 4. The molecule has 2 rings (SSSR count). The average Bonchev–Trinajstić information content (AvgIpc) is 2.70. The molecular formula is C17H25N3O. The van der Waals surface area contributed by atoms with E-state index >= 15 is 0 Å². The van der Waals surface area contributed by atoms with Crippen molar-refractivity contribution in [3.8, 4) is 17.6 Å². The van der Waals surface area contributed by atoms with E-state index in [-0.39, 0.29) is 0 Å². The SMILES string of the molecule is CN1CCCN(CCOc2cccc(C#CCN)c2)CC1. The van der Waals surface area contributed by atoms with Crippen LogP contribution in [0.2, 0.25) is 0 Å². The molecule has 0 aromatic heterocycles. The molecule has 0 amide bonds. The van der Waals surface area contributed by atoms with E-state index in [9.17, 15) is 0 Å². The molecule has 0 bridgehead atoms. The average molecular weight is 287 g/mol. The van der Waals surface area contributed by atoms with Crippen LogP contribution in [0.3, 0.4) is 0 Å². The standard InChI is InChI=1S/C17H25N3O/c1-19-9-4-10-20(12-11-19)13-14-21-17-7-2-5-16(15-17)6-3-8-18/h2,5,7,15H,4,8-14,18H2,1H3. The molecule has 0 saturated carbocycles. The number of nitrogens with two attached hydrogens (primary N) is 1. The summed E-state index contributed by atoms with van der Waals surface area (Å²) in [6.07, 6.45) is 1.24. The van der Waals surface area contributed by atoms with Gasteiger partial charge >= 0.3 is 0 Å². The normalized spacial score (nSPS) is 16.9. The highest BCUT2D eigenvalue weighted by atomic mass is 16.5. The van der Waals surface area contributed by atoms with Gasteiger partial charge in [0, 0.05) is 25.2 Å². The number of ether oxygens (including phenoxy) is 1. The molecule has 0 spiro atoms. The van der Waals surface area contributed by atoms with Crippen LogP contribution in [0, 0.1) is 11.8 Å². The third-order valence-corrected chi connectivity index (χ3v) is 3.66. The third kappa shape index (κ3) is 5.76. The summed E-state index contributed by atoms with van der Waals surface area (Å²) in [6, 6.07) is 7.89. The van der Waals surface area contributed by atoms with Crippen LogP contribution in [0.15, 0.2) is 24.3 Å². The van der Waals surface area contributed by atoms with Gasteiger partial charge in [-0.1, -0.05) is 17.9 Å². The Morgan fingerprint density at radius 2 is 2.14 bits per heavy atom. The predicted molar refractivity (Wildman–Crippen MR) is 86.4 cm³/mol. The van der Waals surface area contributed by atoms with Crippen LogP contribution in [-0.2, 0) is 0 Å². The van der Waals surface area contributed by atoms with E-state index in [0.29, 0.717) is 6.54 Å². The van der Waals surface area contributed by atoms with Gasteiger partial charge < -0.3 is 15.4 Å². The third-order valence-electron chi connectivity index (χ3n) is 3.66. The van der Waals surface area contributed by atoms with Crippen molar-refractivity contribution in [2.45, 2.75) is 6.42 Å². The Hall–Kier alpha value is -1.54. The van der Waals surface area contributed by atoms with Crippen molar-refractivity contribution in [1.82, 2.24) is 9.80 Å². The predicted octanol–water partition coefficient (Wildman–Crippen LogP) is 1.01. The molecule has 0 unspecified atom stereocenters. The first-order chi connectivity index (χ1) is 10.3. The van der Waals surface area contributed by atoms with Gasteiger partial charge in [-0.15, -0.1) is 0 Å². The molecule has 1 aromatic carbocycles. The highest BCUT2D eigenvalue weighted by Gasteiger charge is 2.11. The molecule has 114 valence electrons. The Balaban J connectivity index is 1.77. The number of likely N-dealkylation sites (N-methyl/N-ethyl adjacent to an activating group) is 1. The fourth-order valence-corrected chi connectivity index (χ4v) is 2.43. The first-order valence-corrected chi connectivity index (χ1v) is 7.60. The van der Waals surface area contributed by atoms with E-state index in [1.165, 1.54) is 13.0 Å². The summed E-state index contributed by atoms with van der Waals surface area (Å²) < 4.78 is 5.84. The molecule has 4 nitrogen and oxygen atoms in total. The zero-order valence-electron chi connectivity index (χ0n) is 12.8. The highest BCUT2D eigenvalue weighted by molar-refractivity contribution is 5.39. The first kappa shape index (κ1) is 15.8. The Labute approximate surface area is 127 Å². The molecule has 0 atom stereocenters. The topological polar surface area (TPSA) is 41.7 Å². The van der Waals surface area contributed by atoms with Crippen molar-refractivity contribution in [2.75, 3.05) is 52.9 Å². The number of hydrogen-bond donors (Lipinski definition) is 1. The van der Waals surface area contributed by atoms with E-state index in [0.717, 1.165) is 44.1 Å². The Bertz CT molecular complexity index is 492. The summed E-state index contributed by atoms with van der Waals surface area (Å²) in [5.41, 5.74) is 6.34. The Kier molecular flexibility index (Phi) is 6.55. The van der Waals surface area contributed by atoms with Crippen LogP contribution in [-0.4, -0.2) is 62.7 Å². The van der Waals surface area contributed by atoms with Crippen molar-refractivity contribution < 1.29 is 4.74 Å². The van der Waals surface area contributed by atoms with E-state index in [2.05, 4.69) is 28.7 Å². The minimum atomic E-state index is 0.383. The van der Waals surface area contributed by atoms with Crippen molar-refractivity contribution >= 4 is 0 Å². The van der Waals surface area contributed by atoms with Gasteiger partial charge in [-0.05, 0) is 44.8 Å². The van der Waals surface area contributed by atoms with E-state index in [1.54, 1.807) is 0 Å². The summed E-state index contributed by atoms with van der Waals surface area (Å²) in [5, 5.41) is 0. The number of nitrogens with zero attached hydrogens (tertiary/aromatic N) is 2. The zero-order chi connectivity index (χ0) is 14.9. The van der Waals surface area contributed by atoms with Crippen LogP contribution < -0.4 is 10.5 Å². The quantitative estimate of drug-likeness (QED) is 0.839. The lowest BCUT2D eigenvalue weighted by Gasteiger charge is -2.20. The lowest BCUT2D eigenvalue weighted by Crippen LogP contribution is -2.32. The molecule has 1 saturated heterocycles. The van der Waals surface area contributed by atoms with Crippen LogP contribution in [0.25, 0.3) is 0 Å². The Morgan fingerprint density at radius 3 is 3.00 bits per heavy atom. The maximum Gasteiger partial charge on any atom is 0.120 e. The number of benzene rings is 1. The second kappa shape index (κ2) is 8.68.